The quantitative estimate of drug-likeness (QED) is 0.596. The number of carbonyl (C=O) groups is 2. The van der Waals surface area contributed by atoms with E-state index in [1.165, 1.54) is 0 Å². The van der Waals surface area contributed by atoms with Gasteiger partial charge in [0.1, 0.15) is 0 Å². The molecule has 2 amide bonds. The second-order valence-corrected chi connectivity index (χ2v) is 7.30. The van der Waals surface area contributed by atoms with Gasteiger partial charge in [-0.15, -0.1) is 0 Å². The van der Waals surface area contributed by atoms with Crippen LogP contribution in [-0.2, 0) is 15.6 Å². The lowest BCUT2D eigenvalue weighted by molar-refractivity contribution is -0.138. The van der Waals surface area contributed by atoms with Crippen LogP contribution >= 0.6 is 0 Å². The van der Waals surface area contributed by atoms with Gasteiger partial charge in [-0.25, -0.2) is 4.79 Å². The third-order valence-corrected chi connectivity index (χ3v) is 4.24. The van der Waals surface area contributed by atoms with Crippen molar-refractivity contribution in [2.75, 3.05) is 19.3 Å². The van der Waals surface area contributed by atoms with Crippen molar-refractivity contribution in [1.82, 2.24) is 10.6 Å². The number of nitrogens with one attached hydrogen (secondary N) is 2. The Kier molecular flexibility index (Phi) is 9.20. The Morgan fingerprint density at radius 1 is 1.15 bits per heavy atom. The smallest absolute Gasteiger partial charge is 0.314 e. The van der Waals surface area contributed by atoms with E-state index in [0.29, 0.717) is 19.0 Å². The zero-order valence-corrected chi connectivity index (χ0v) is 13.5. The van der Waals surface area contributed by atoms with E-state index >= 15 is 0 Å². The standard InChI is InChI=1S/C13H26N2O4S/c1-9(2)5-11(6-12(16)17)8-15-13(18)14-7-10(3)20(4)19/h9-11H,5-8H2,1-4H3,(H,16,17)(H2,14,15,18)/t10?,11-,20?/m0/s1. The minimum absolute atomic E-state index is 0.0494. The Bertz CT molecular complexity index is 347. The molecule has 0 heterocycles. The Labute approximate surface area is 123 Å². The summed E-state index contributed by atoms with van der Waals surface area (Å²) in [5.41, 5.74) is 0. The molecule has 0 spiro atoms. The third-order valence-electron chi connectivity index (χ3n) is 2.94. The molecule has 0 bridgehead atoms. The SMILES string of the molecule is CC(C)C[C@H](CNC(=O)NCC(C)S(C)=O)CC(=O)O. The highest BCUT2D eigenvalue weighted by molar-refractivity contribution is 7.84. The van der Waals surface area contributed by atoms with Gasteiger partial charge in [-0.2, -0.15) is 0 Å². The first-order valence-electron chi connectivity index (χ1n) is 6.78. The lowest BCUT2D eigenvalue weighted by Gasteiger charge is -2.18. The van der Waals surface area contributed by atoms with Gasteiger partial charge in [-0.05, 0) is 25.2 Å². The average molecular weight is 306 g/mol. The summed E-state index contributed by atoms with van der Waals surface area (Å²) in [4.78, 5) is 22.3. The molecular weight excluding hydrogens is 280 g/mol. The van der Waals surface area contributed by atoms with E-state index in [9.17, 15) is 13.8 Å². The molecule has 6 nitrogen and oxygen atoms in total. The van der Waals surface area contributed by atoms with Crippen LogP contribution in [0.4, 0.5) is 4.79 Å². The molecule has 3 N–H and O–H groups in total. The van der Waals surface area contributed by atoms with Gasteiger partial charge < -0.3 is 15.7 Å². The summed E-state index contributed by atoms with van der Waals surface area (Å²) in [5.74, 6) is -0.546. The van der Waals surface area contributed by atoms with Gasteiger partial charge in [-0.1, -0.05) is 13.8 Å². The molecule has 0 aromatic carbocycles. The number of rotatable bonds is 9. The first-order chi connectivity index (χ1) is 9.22. The maximum absolute atomic E-state index is 11.6. The first kappa shape index (κ1) is 18.9. The fraction of sp³-hybridized carbons (Fsp3) is 0.846. The molecule has 0 aromatic heterocycles. The molecule has 2 unspecified atom stereocenters. The molecule has 3 atom stereocenters. The van der Waals surface area contributed by atoms with Crippen LogP contribution in [0.25, 0.3) is 0 Å². The maximum atomic E-state index is 11.6. The van der Waals surface area contributed by atoms with Crippen LogP contribution in [0.15, 0.2) is 0 Å². The second-order valence-electron chi connectivity index (χ2n) is 5.49. The number of carboxylic acid groups (broad SMARTS) is 1. The largest absolute Gasteiger partial charge is 0.481 e. The van der Waals surface area contributed by atoms with Crippen molar-refractivity contribution >= 4 is 22.8 Å². The van der Waals surface area contributed by atoms with E-state index in [2.05, 4.69) is 10.6 Å². The number of carbonyl (C=O) groups excluding carboxylic acids is 1. The van der Waals surface area contributed by atoms with Crippen molar-refractivity contribution in [3.8, 4) is 0 Å². The molecular formula is C13H26N2O4S. The monoisotopic (exact) mass is 306 g/mol. The van der Waals surface area contributed by atoms with Gasteiger partial charge >= 0.3 is 12.0 Å². The van der Waals surface area contributed by atoms with Crippen molar-refractivity contribution in [1.29, 1.82) is 0 Å². The zero-order valence-electron chi connectivity index (χ0n) is 12.6. The van der Waals surface area contributed by atoms with Gasteiger partial charge in [-0.3, -0.25) is 9.00 Å². The minimum atomic E-state index is -0.975. The van der Waals surface area contributed by atoms with Gasteiger partial charge in [0, 0.05) is 41.8 Å². The van der Waals surface area contributed by atoms with Crippen molar-refractivity contribution in [3.63, 3.8) is 0 Å². The topological polar surface area (TPSA) is 95.5 Å². The Morgan fingerprint density at radius 2 is 1.70 bits per heavy atom. The fourth-order valence-corrected chi connectivity index (χ4v) is 2.12. The number of urea groups is 1. The van der Waals surface area contributed by atoms with E-state index in [1.54, 1.807) is 13.2 Å². The molecule has 0 fully saturated rings. The second kappa shape index (κ2) is 9.74. The number of aliphatic carboxylic acids is 1. The average Bonchev–Trinajstić information content (AvgIpc) is 2.31. The van der Waals surface area contributed by atoms with Crippen LogP contribution < -0.4 is 10.6 Å². The molecule has 0 radical (unpaired) electrons. The summed E-state index contributed by atoms with van der Waals surface area (Å²) in [6, 6.07) is -0.346. The Morgan fingerprint density at radius 3 is 2.15 bits per heavy atom. The van der Waals surface area contributed by atoms with E-state index in [4.69, 9.17) is 5.11 Å². The molecule has 0 aliphatic heterocycles. The fourth-order valence-electron chi connectivity index (χ4n) is 1.81. The summed E-state index contributed by atoms with van der Waals surface area (Å²) in [7, 11) is -0.975. The van der Waals surface area contributed by atoms with Gasteiger partial charge in [0.25, 0.3) is 0 Å². The predicted molar refractivity (Wildman–Crippen MR) is 80.1 cm³/mol. The van der Waals surface area contributed by atoms with E-state index < -0.39 is 16.8 Å². The Hall–Kier alpha value is -1.11. The zero-order chi connectivity index (χ0) is 15.7. The lowest BCUT2D eigenvalue weighted by atomic mass is 9.94. The molecule has 0 rings (SSSR count). The van der Waals surface area contributed by atoms with Crippen LogP contribution in [0.2, 0.25) is 0 Å². The molecule has 0 saturated heterocycles. The number of carboxylic acids is 1. The van der Waals surface area contributed by atoms with Gasteiger partial charge in [0.05, 0.1) is 0 Å². The number of hydrogen-bond donors (Lipinski definition) is 3. The van der Waals surface area contributed by atoms with Gasteiger partial charge in [0.15, 0.2) is 0 Å². The van der Waals surface area contributed by atoms with E-state index in [0.717, 1.165) is 6.42 Å². The number of amides is 2. The summed E-state index contributed by atoms with van der Waals surface area (Å²) >= 11 is 0. The third kappa shape index (κ3) is 9.77. The summed E-state index contributed by atoms with van der Waals surface area (Å²) < 4.78 is 11.1. The molecule has 0 aliphatic rings. The molecule has 7 heteroatoms. The molecule has 0 saturated carbocycles. The van der Waals surface area contributed by atoms with Crippen LogP contribution in [0.1, 0.15) is 33.6 Å². The van der Waals surface area contributed by atoms with Crippen molar-refractivity contribution < 1.29 is 18.9 Å². The highest BCUT2D eigenvalue weighted by Gasteiger charge is 2.16. The maximum Gasteiger partial charge on any atom is 0.314 e. The van der Waals surface area contributed by atoms with Gasteiger partial charge in [0.2, 0.25) is 0 Å². The summed E-state index contributed by atoms with van der Waals surface area (Å²) in [6.07, 6.45) is 2.39. The van der Waals surface area contributed by atoms with Crippen LogP contribution in [-0.4, -0.2) is 45.9 Å². The lowest BCUT2D eigenvalue weighted by Crippen LogP contribution is -2.42. The van der Waals surface area contributed by atoms with Crippen molar-refractivity contribution in [3.05, 3.63) is 0 Å². The summed E-state index contributed by atoms with van der Waals surface area (Å²) in [5, 5.41) is 14.0. The van der Waals surface area contributed by atoms with Crippen molar-refractivity contribution in [2.24, 2.45) is 11.8 Å². The Balaban J connectivity index is 4.09. The minimum Gasteiger partial charge on any atom is -0.481 e. The molecule has 0 aromatic rings. The first-order valence-corrected chi connectivity index (χ1v) is 8.40. The predicted octanol–water partition coefficient (Wildman–Crippen LogP) is 1.19. The summed E-state index contributed by atoms with van der Waals surface area (Å²) in [6.45, 7) is 6.51. The van der Waals surface area contributed by atoms with E-state index in [-0.39, 0.29) is 23.6 Å². The normalized spacial score (nSPS) is 15.4. The van der Waals surface area contributed by atoms with Crippen LogP contribution in [0, 0.1) is 11.8 Å². The molecule has 0 aliphatic carbocycles. The van der Waals surface area contributed by atoms with E-state index in [1.807, 2.05) is 13.8 Å². The number of hydrogen-bond acceptors (Lipinski definition) is 3. The van der Waals surface area contributed by atoms with Crippen LogP contribution in [0.3, 0.4) is 0 Å². The highest BCUT2D eigenvalue weighted by Crippen LogP contribution is 2.14. The molecule has 20 heavy (non-hydrogen) atoms. The highest BCUT2D eigenvalue weighted by atomic mass is 32.2. The molecule has 118 valence electrons. The van der Waals surface area contributed by atoms with Crippen molar-refractivity contribution in [2.45, 2.75) is 38.9 Å². The van der Waals surface area contributed by atoms with Crippen LogP contribution in [0.5, 0.6) is 0 Å².